The van der Waals surface area contributed by atoms with E-state index in [9.17, 15) is 24.3 Å². The Hall–Kier alpha value is -3.74. The molecule has 40 heavy (non-hydrogen) atoms. The largest absolute Gasteiger partial charge is 0.467 e. The summed E-state index contributed by atoms with van der Waals surface area (Å²) in [5.74, 6) is -2.38. The van der Waals surface area contributed by atoms with Gasteiger partial charge in [0.15, 0.2) is 6.04 Å². The van der Waals surface area contributed by atoms with Gasteiger partial charge in [-0.05, 0) is 6.42 Å². The molecule has 0 aliphatic heterocycles. The van der Waals surface area contributed by atoms with E-state index in [0.717, 1.165) is 32.8 Å². The molecule has 13 heteroatoms. The van der Waals surface area contributed by atoms with Crippen molar-refractivity contribution in [3.8, 4) is 0 Å². The van der Waals surface area contributed by atoms with Gasteiger partial charge in [0, 0.05) is 43.0 Å². The molecule has 0 aliphatic rings. The van der Waals surface area contributed by atoms with Gasteiger partial charge in [-0.1, -0.05) is 51.9 Å². The number of nitrogens with zero attached hydrogens (tertiary/aromatic N) is 2. The lowest BCUT2D eigenvalue weighted by Crippen LogP contribution is -2.57. The van der Waals surface area contributed by atoms with E-state index in [-0.39, 0.29) is 25.2 Å². The van der Waals surface area contributed by atoms with Crippen LogP contribution in [-0.2, 0) is 36.8 Å². The van der Waals surface area contributed by atoms with Gasteiger partial charge in [-0.15, -0.1) is 0 Å². The summed E-state index contributed by atoms with van der Waals surface area (Å²) in [4.78, 5) is 64.8. The van der Waals surface area contributed by atoms with Crippen molar-refractivity contribution in [1.29, 1.82) is 0 Å². The van der Waals surface area contributed by atoms with Gasteiger partial charge in [-0.25, -0.2) is 14.8 Å². The molecule has 2 aromatic heterocycles. The lowest BCUT2D eigenvalue weighted by atomic mass is 10.1. The van der Waals surface area contributed by atoms with Gasteiger partial charge < -0.3 is 35.8 Å². The number of aromatic amines is 2. The highest BCUT2D eigenvalue weighted by molar-refractivity contribution is 5.93. The fourth-order valence-electron chi connectivity index (χ4n) is 4.20. The Labute approximate surface area is 234 Å². The molecule has 0 saturated carbocycles. The topological polar surface area (TPSA) is 191 Å². The number of carbonyl (C=O) groups excluding carboxylic acids is 4. The van der Waals surface area contributed by atoms with Crippen molar-refractivity contribution < 1.29 is 29.0 Å². The Morgan fingerprint density at radius 3 is 1.77 bits per heavy atom. The van der Waals surface area contributed by atoms with E-state index in [1.807, 2.05) is 0 Å². The van der Waals surface area contributed by atoms with E-state index in [0.29, 0.717) is 11.4 Å². The number of aromatic nitrogens is 4. The van der Waals surface area contributed by atoms with Crippen molar-refractivity contribution in [2.45, 2.75) is 95.7 Å². The van der Waals surface area contributed by atoms with Crippen molar-refractivity contribution in [3.63, 3.8) is 0 Å². The molecule has 0 spiro atoms. The number of aliphatic hydroxyl groups excluding tert-OH is 1. The summed E-state index contributed by atoms with van der Waals surface area (Å²) in [6.45, 7) is 1.50. The molecule has 0 bridgehead atoms. The third-order valence-corrected chi connectivity index (χ3v) is 6.48. The fourth-order valence-corrected chi connectivity index (χ4v) is 4.20. The maximum absolute atomic E-state index is 13.4. The van der Waals surface area contributed by atoms with E-state index in [2.05, 4.69) is 47.5 Å². The standard InChI is InChI=1S/C27H43N7O6/c1-3-4-5-6-7-8-9-10-11-24(36)32-21(12-19-14-28-17-30-19)25(37)33-22(13-20-15-29-18-31-20)26(38)34-23(16-35)27(39)40-2/h14-15,17-18,21-23,35H,3-13,16H2,1-2H3,(H,28,30)(H,29,31)(H,32,36)(H,33,37)(H,34,38)/t21-,22-,23-/m0/s1. The molecule has 3 amide bonds. The minimum Gasteiger partial charge on any atom is -0.467 e. The summed E-state index contributed by atoms with van der Waals surface area (Å²) in [5.41, 5.74) is 1.19. The zero-order valence-corrected chi connectivity index (χ0v) is 23.4. The number of methoxy groups -OCH3 is 1. The lowest BCUT2D eigenvalue weighted by Gasteiger charge is -2.24. The van der Waals surface area contributed by atoms with E-state index < -0.39 is 42.5 Å². The second kappa shape index (κ2) is 18.5. The number of rotatable bonds is 20. The van der Waals surface area contributed by atoms with Gasteiger partial charge in [0.05, 0.1) is 26.4 Å². The smallest absolute Gasteiger partial charge is 0.330 e. The predicted octanol–water partition coefficient (Wildman–Crippen LogP) is 1.07. The second-order valence-electron chi connectivity index (χ2n) is 9.73. The quantitative estimate of drug-likeness (QED) is 0.102. The maximum atomic E-state index is 13.4. The lowest BCUT2D eigenvalue weighted by molar-refractivity contribution is -0.146. The molecule has 2 aromatic rings. The van der Waals surface area contributed by atoms with Crippen molar-refractivity contribution in [2.75, 3.05) is 13.7 Å². The van der Waals surface area contributed by atoms with E-state index in [1.54, 1.807) is 6.20 Å². The molecule has 0 aromatic carbocycles. The van der Waals surface area contributed by atoms with Crippen LogP contribution >= 0.6 is 0 Å². The number of unbranched alkanes of at least 4 members (excludes halogenated alkanes) is 7. The average Bonchev–Trinajstić information content (AvgIpc) is 3.66. The number of amides is 3. The third-order valence-electron chi connectivity index (χ3n) is 6.48. The SMILES string of the molecule is CCCCCCCCCCC(=O)N[C@@H](Cc1cnc[nH]1)C(=O)N[C@@H](Cc1cnc[nH]1)C(=O)N[C@@H](CO)C(=O)OC. The van der Waals surface area contributed by atoms with Crippen molar-refractivity contribution >= 4 is 23.7 Å². The summed E-state index contributed by atoms with van der Waals surface area (Å²) in [7, 11) is 1.14. The molecular weight excluding hydrogens is 518 g/mol. The molecule has 0 unspecified atom stereocenters. The van der Waals surface area contributed by atoms with Crippen molar-refractivity contribution in [2.24, 2.45) is 0 Å². The van der Waals surface area contributed by atoms with Crippen LogP contribution in [0.2, 0.25) is 0 Å². The number of imidazole rings is 2. The van der Waals surface area contributed by atoms with Crippen LogP contribution in [-0.4, -0.2) is 80.6 Å². The zero-order chi connectivity index (χ0) is 29.2. The van der Waals surface area contributed by atoms with Crippen LogP contribution < -0.4 is 16.0 Å². The molecule has 2 rings (SSSR count). The van der Waals surface area contributed by atoms with Gasteiger partial charge in [0.25, 0.3) is 0 Å². The number of aliphatic hydroxyl groups is 1. The van der Waals surface area contributed by atoms with Crippen LogP contribution in [0.5, 0.6) is 0 Å². The minimum absolute atomic E-state index is 0.0277. The van der Waals surface area contributed by atoms with Crippen LogP contribution in [0, 0.1) is 0 Å². The van der Waals surface area contributed by atoms with Crippen LogP contribution in [0.1, 0.15) is 76.1 Å². The Balaban J connectivity index is 2.03. The van der Waals surface area contributed by atoms with E-state index in [1.165, 1.54) is 44.5 Å². The fraction of sp³-hybridized carbons (Fsp3) is 0.630. The maximum Gasteiger partial charge on any atom is 0.330 e. The molecule has 0 aliphatic carbocycles. The molecular formula is C27H43N7O6. The minimum atomic E-state index is -1.30. The monoisotopic (exact) mass is 561 g/mol. The number of esters is 1. The Bertz CT molecular complexity index is 1010. The van der Waals surface area contributed by atoms with Crippen molar-refractivity contribution in [1.82, 2.24) is 35.9 Å². The van der Waals surface area contributed by atoms with Gasteiger partial charge >= 0.3 is 5.97 Å². The van der Waals surface area contributed by atoms with E-state index in [4.69, 9.17) is 0 Å². The Kier molecular flexibility index (Phi) is 15.0. The summed E-state index contributed by atoms with van der Waals surface area (Å²) in [6, 6.07) is -3.42. The summed E-state index contributed by atoms with van der Waals surface area (Å²) < 4.78 is 4.61. The molecule has 6 N–H and O–H groups in total. The first kappa shape index (κ1) is 32.5. The summed E-state index contributed by atoms with van der Waals surface area (Å²) in [5, 5.41) is 17.4. The highest BCUT2D eigenvalue weighted by atomic mass is 16.5. The molecule has 0 saturated heterocycles. The first-order valence-corrected chi connectivity index (χ1v) is 13.9. The average molecular weight is 562 g/mol. The number of ether oxygens (including phenoxy) is 1. The normalized spacial score (nSPS) is 13.2. The number of nitrogens with one attached hydrogen (secondary N) is 5. The Morgan fingerprint density at radius 1 is 0.800 bits per heavy atom. The highest BCUT2D eigenvalue weighted by Crippen LogP contribution is 2.10. The molecule has 0 fully saturated rings. The van der Waals surface area contributed by atoms with Crippen LogP contribution in [0.3, 0.4) is 0 Å². The van der Waals surface area contributed by atoms with E-state index >= 15 is 0 Å². The number of hydrogen-bond acceptors (Lipinski definition) is 8. The summed E-state index contributed by atoms with van der Waals surface area (Å²) >= 11 is 0. The van der Waals surface area contributed by atoms with Crippen LogP contribution in [0.15, 0.2) is 25.0 Å². The first-order valence-electron chi connectivity index (χ1n) is 13.9. The molecule has 3 atom stereocenters. The number of hydrogen-bond donors (Lipinski definition) is 6. The zero-order valence-electron chi connectivity index (χ0n) is 23.4. The van der Waals surface area contributed by atoms with Crippen LogP contribution in [0.4, 0.5) is 0 Å². The molecule has 13 nitrogen and oxygen atoms in total. The highest BCUT2D eigenvalue weighted by Gasteiger charge is 2.30. The van der Waals surface area contributed by atoms with Gasteiger partial charge in [0.1, 0.15) is 12.1 Å². The Morgan fingerprint density at radius 2 is 1.30 bits per heavy atom. The third kappa shape index (κ3) is 12.0. The predicted molar refractivity (Wildman–Crippen MR) is 147 cm³/mol. The van der Waals surface area contributed by atoms with Gasteiger partial charge in [-0.3, -0.25) is 14.4 Å². The molecule has 0 radical (unpaired) electrons. The van der Waals surface area contributed by atoms with Crippen molar-refractivity contribution in [3.05, 3.63) is 36.4 Å². The number of carbonyl (C=O) groups is 4. The van der Waals surface area contributed by atoms with Gasteiger partial charge in [0.2, 0.25) is 17.7 Å². The van der Waals surface area contributed by atoms with Gasteiger partial charge in [-0.2, -0.15) is 0 Å². The second-order valence-corrected chi connectivity index (χ2v) is 9.73. The van der Waals surface area contributed by atoms with Crippen LogP contribution in [0.25, 0.3) is 0 Å². The molecule has 222 valence electrons. The molecule has 2 heterocycles. The first-order chi connectivity index (χ1) is 19.4. The number of H-pyrrole nitrogens is 2. The summed E-state index contributed by atoms with van der Waals surface area (Å²) in [6.07, 6.45) is 15.2.